The van der Waals surface area contributed by atoms with Crippen LogP contribution in [0.2, 0.25) is 0 Å². The fourth-order valence-corrected chi connectivity index (χ4v) is 5.67. The van der Waals surface area contributed by atoms with Gasteiger partial charge in [-0.05, 0) is 49.7 Å². The quantitative estimate of drug-likeness (QED) is 0.424. The van der Waals surface area contributed by atoms with Gasteiger partial charge in [0.05, 0.1) is 11.7 Å². The Morgan fingerprint density at radius 1 is 0.852 bits per heavy atom. The van der Waals surface area contributed by atoms with Crippen LogP contribution in [0.1, 0.15) is 25.2 Å². The molecule has 1 aromatic heterocycles. The largest absolute Gasteiger partial charge is 0.287 e. The first-order valence-corrected chi connectivity index (χ1v) is 11.0. The summed E-state index contributed by atoms with van der Waals surface area (Å²) in [4.78, 5) is 9.51. The van der Waals surface area contributed by atoms with E-state index in [0.717, 1.165) is 17.5 Å². The Kier molecular flexibility index (Phi) is 6.90. The topological polar surface area (TPSA) is 25.2 Å². The van der Waals surface area contributed by atoms with Gasteiger partial charge in [0.15, 0.2) is 0 Å². The van der Waals surface area contributed by atoms with Crippen molar-refractivity contribution in [1.29, 1.82) is 0 Å². The molecule has 0 aliphatic rings. The second-order valence-electron chi connectivity index (χ2n) is 7.08. The van der Waals surface area contributed by atoms with E-state index in [-0.39, 0.29) is 6.04 Å². The molecule has 0 N–H and O–H groups in total. The minimum atomic E-state index is -0.444. The van der Waals surface area contributed by atoms with Crippen molar-refractivity contribution >= 4 is 24.7 Å². The van der Waals surface area contributed by atoms with Crippen molar-refractivity contribution < 1.29 is 0 Å². The molecule has 3 aromatic rings. The number of hydrogen-bond donors (Lipinski definition) is 0. The molecule has 0 saturated heterocycles. The third-order valence-corrected chi connectivity index (χ3v) is 7.17. The van der Waals surface area contributed by atoms with E-state index in [1.807, 2.05) is 31.3 Å². The van der Waals surface area contributed by atoms with Gasteiger partial charge in [-0.3, -0.25) is 9.98 Å². The van der Waals surface area contributed by atoms with Crippen LogP contribution in [0.3, 0.4) is 0 Å². The molecule has 0 bridgehead atoms. The molecule has 2 aromatic carbocycles. The van der Waals surface area contributed by atoms with Crippen molar-refractivity contribution in [3.8, 4) is 0 Å². The van der Waals surface area contributed by atoms with E-state index in [0.29, 0.717) is 5.92 Å². The Morgan fingerprint density at radius 3 is 1.96 bits per heavy atom. The van der Waals surface area contributed by atoms with E-state index >= 15 is 0 Å². The van der Waals surface area contributed by atoms with Crippen LogP contribution in [-0.2, 0) is 0 Å². The first-order valence-electron chi connectivity index (χ1n) is 9.48. The lowest BCUT2D eigenvalue weighted by Gasteiger charge is -2.25. The predicted molar refractivity (Wildman–Crippen MR) is 119 cm³/mol. The molecule has 0 amide bonds. The van der Waals surface area contributed by atoms with Crippen molar-refractivity contribution in [2.24, 2.45) is 10.9 Å². The number of hydrogen-bond acceptors (Lipinski definition) is 2. The second-order valence-corrected chi connectivity index (χ2v) is 9.33. The zero-order chi connectivity index (χ0) is 19.1. The summed E-state index contributed by atoms with van der Waals surface area (Å²) in [6, 6.07) is 28.1. The molecule has 0 aliphatic carbocycles. The maximum absolute atomic E-state index is 4.95. The van der Waals surface area contributed by atoms with Gasteiger partial charge in [-0.25, -0.2) is 0 Å². The average molecular weight is 374 g/mol. The van der Waals surface area contributed by atoms with Gasteiger partial charge in [0.2, 0.25) is 0 Å². The molecule has 2 nitrogen and oxygen atoms in total. The number of aryl methyl sites for hydroxylation is 1. The van der Waals surface area contributed by atoms with Gasteiger partial charge in [0.25, 0.3) is 0 Å². The smallest absolute Gasteiger partial charge is 0.0811 e. The standard InChI is InChI=1S/C24H27N2P/c1-19(2)24(25-17-21-12-10-11-20(3)26-21)18-27(22-13-6-4-7-14-22)23-15-8-5-9-16-23/h4-17,19,24H,18H2,1-3H3/t24-/m1/s1. The highest BCUT2D eigenvalue weighted by molar-refractivity contribution is 7.73. The van der Waals surface area contributed by atoms with Crippen LogP contribution >= 0.6 is 7.92 Å². The molecule has 0 saturated carbocycles. The summed E-state index contributed by atoms with van der Waals surface area (Å²) in [6.45, 7) is 6.53. The molecule has 1 atom stereocenters. The monoisotopic (exact) mass is 374 g/mol. The summed E-state index contributed by atoms with van der Waals surface area (Å²) in [7, 11) is -0.444. The average Bonchev–Trinajstić information content (AvgIpc) is 2.69. The normalized spacial score (nSPS) is 12.8. The number of nitrogens with zero attached hydrogens (tertiary/aromatic N) is 2. The van der Waals surface area contributed by atoms with Crippen LogP contribution in [-0.4, -0.2) is 23.4 Å². The molecule has 3 heteroatoms. The summed E-state index contributed by atoms with van der Waals surface area (Å²) in [6.07, 6.45) is 2.99. The minimum Gasteiger partial charge on any atom is -0.287 e. The molecular weight excluding hydrogens is 347 g/mol. The van der Waals surface area contributed by atoms with E-state index in [1.54, 1.807) is 0 Å². The van der Waals surface area contributed by atoms with Crippen molar-refractivity contribution in [3.05, 3.63) is 90.3 Å². The number of benzene rings is 2. The second kappa shape index (κ2) is 9.58. The SMILES string of the molecule is Cc1cccc(C=N[C@H](CP(c2ccccc2)c2ccccc2)C(C)C)n1. The Morgan fingerprint density at radius 2 is 1.44 bits per heavy atom. The molecule has 0 radical (unpaired) electrons. The summed E-state index contributed by atoms with van der Waals surface area (Å²) >= 11 is 0. The molecule has 138 valence electrons. The Labute approximate surface area is 164 Å². The molecular formula is C24H27N2P. The minimum absolute atomic E-state index is 0.263. The molecule has 0 fully saturated rings. The molecule has 0 unspecified atom stereocenters. The zero-order valence-corrected chi connectivity index (χ0v) is 17.2. The maximum Gasteiger partial charge on any atom is 0.0811 e. The summed E-state index contributed by atoms with van der Waals surface area (Å²) in [5.41, 5.74) is 1.96. The van der Waals surface area contributed by atoms with E-state index in [4.69, 9.17) is 4.99 Å². The van der Waals surface area contributed by atoms with Gasteiger partial charge in [-0.2, -0.15) is 0 Å². The Hall–Kier alpha value is -2.31. The lowest BCUT2D eigenvalue weighted by molar-refractivity contribution is 0.538. The van der Waals surface area contributed by atoms with Gasteiger partial charge in [-0.1, -0.05) is 80.6 Å². The summed E-state index contributed by atoms with van der Waals surface area (Å²) in [5, 5.41) is 2.82. The number of aliphatic imine (C=N–C) groups is 1. The van der Waals surface area contributed by atoms with Crippen molar-refractivity contribution in [2.75, 3.05) is 6.16 Å². The van der Waals surface area contributed by atoms with E-state index in [1.165, 1.54) is 10.6 Å². The van der Waals surface area contributed by atoms with Crippen molar-refractivity contribution in [1.82, 2.24) is 4.98 Å². The number of aromatic nitrogens is 1. The van der Waals surface area contributed by atoms with E-state index in [9.17, 15) is 0 Å². The highest BCUT2D eigenvalue weighted by atomic mass is 31.1. The van der Waals surface area contributed by atoms with Crippen LogP contribution in [0.4, 0.5) is 0 Å². The third-order valence-electron chi connectivity index (χ3n) is 4.58. The van der Waals surface area contributed by atoms with Gasteiger partial charge < -0.3 is 0 Å². The van der Waals surface area contributed by atoms with E-state index in [2.05, 4.69) is 79.5 Å². The first-order chi connectivity index (χ1) is 13.1. The fraction of sp³-hybridized carbons (Fsp3) is 0.250. The van der Waals surface area contributed by atoms with Gasteiger partial charge in [0, 0.05) is 11.9 Å². The van der Waals surface area contributed by atoms with Crippen LogP contribution in [0, 0.1) is 12.8 Å². The van der Waals surface area contributed by atoms with Gasteiger partial charge >= 0.3 is 0 Å². The molecule has 0 aliphatic heterocycles. The number of pyridine rings is 1. The zero-order valence-electron chi connectivity index (χ0n) is 16.3. The van der Waals surface area contributed by atoms with Crippen LogP contribution < -0.4 is 10.6 Å². The van der Waals surface area contributed by atoms with Crippen molar-refractivity contribution in [3.63, 3.8) is 0 Å². The van der Waals surface area contributed by atoms with Crippen molar-refractivity contribution in [2.45, 2.75) is 26.8 Å². The summed E-state index contributed by atoms with van der Waals surface area (Å²) < 4.78 is 0. The Bertz CT molecular complexity index is 820. The predicted octanol–water partition coefficient (Wildman–Crippen LogP) is 4.97. The Balaban J connectivity index is 1.87. The highest BCUT2D eigenvalue weighted by Gasteiger charge is 2.21. The highest BCUT2D eigenvalue weighted by Crippen LogP contribution is 2.36. The van der Waals surface area contributed by atoms with Crippen LogP contribution in [0.25, 0.3) is 0 Å². The molecule has 27 heavy (non-hydrogen) atoms. The third kappa shape index (κ3) is 5.58. The lowest BCUT2D eigenvalue weighted by Crippen LogP contribution is -2.24. The van der Waals surface area contributed by atoms with Crippen LogP contribution in [0.5, 0.6) is 0 Å². The maximum atomic E-state index is 4.95. The van der Waals surface area contributed by atoms with E-state index < -0.39 is 7.92 Å². The fourth-order valence-electron chi connectivity index (χ4n) is 3.00. The van der Waals surface area contributed by atoms with Gasteiger partial charge in [-0.15, -0.1) is 0 Å². The van der Waals surface area contributed by atoms with Gasteiger partial charge in [0.1, 0.15) is 0 Å². The number of rotatable bonds is 7. The lowest BCUT2D eigenvalue weighted by atomic mass is 10.1. The molecule has 0 spiro atoms. The molecule has 3 rings (SSSR count). The molecule has 1 heterocycles. The van der Waals surface area contributed by atoms with Crippen LogP contribution in [0.15, 0.2) is 83.9 Å². The summed E-state index contributed by atoms with van der Waals surface area (Å²) in [5.74, 6) is 0.475. The first kappa shape index (κ1) is 19.5.